The molecule has 74 valence electrons. The summed E-state index contributed by atoms with van der Waals surface area (Å²) in [5.41, 5.74) is 8.06. The van der Waals surface area contributed by atoms with Gasteiger partial charge in [-0.05, 0) is 30.9 Å². The van der Waals surface area contributed by atoms with Gasteiger partial charge in [0.25, 0.3) is 0 Å². The molecule has 0 amide bonds. The number of nitrogens with zero attached hydrogens (tertiary/aromatic N) is 1. The van der Waals surface area contributed by atoms with Crippen LogP contribution in [0.2, 0.25) is 0 Å². The summed E-state index contributed by atoms with van der Waals surface area (Å²) < 4.78 is 0. The van der Waals surface area contributed by atoms with Crippen molar-refractivity contribution in [3.05, 3.63) is 23.4 Å². The number of anilines is 1. The van der Waals surface area contributed by atoms with Gasteiger partial charge in [-0.15, -0.1) is 0 Å². The minimum atomic E-state index is 0.302. The Kier molecular flexibility index (Phi) is 2.23. The van der Waals surface area contributed by atoms with Crippen LogP contribution in [0.4, 0.5) is 5.82 Å². The van der Waals surface area contributed by atoms with Gasteiger partial charge < -0.3 is 5.73 Å². The summed E-state index contributed by atoms with van der Waals surface area (Å²) in [5.74, 6) is 1.23. The van der Waals surface area contributed by atoms with Crippen molar-refractivity contribution >= 4 is 11.6 Å². The van der Waals surface area contributed by atoms with Gasteiger partial charge in [0, 0.05) is 24.6 Å². The number of Topliss-reactive ketones (excluding diaryl/α,β-unsaturated/α-hetero) is 1. The number of hydrogen-bond acceptors (Lipinski definition) is 3. The molecule has 1 unspecified atom stereocenters. The Morgan fingerprint density at radius 1 is 1.57 bits per heavy atom. The Balaban J connectivity index is 2.36. The second-order valence-corrected chi connectivity index (χ2v) is 3.91. The van der Waals surface area contributed by atoms with E-state index in [9.17, 15) is 4.79 Å². The zero-order chi connectivity index (χ0) is 10.1. The van der Waals surface area contributed by atoms with E-state index in [1.165, 1.54) is 0 Å². The van der Waals surface area contributed by atoms with Gasteiger partial charge in [-0.25, -0.2) is 4.98 Å². The largest absolute Gasteiger partial charge is 0.383 e. The summed E-state index contributed by atoms with van der Waals surface area (Å²) in [7, 11) is 0. The van der Waals surface area contributed by atoms with Crippen molar-refractivity contribution in [2.75, 3.05) is 5.73 Å². The fourth-order valence-corrected chi connectivity index (χ4v) is 2.18. The molecular weight excluding hydrogens is 176 g/mol. The zero-order valence-corrected chi connectivity index (χ0v) is 8.29. The lowest BCUT2D eigenvalue weighted by Gasteiger charge is -2.13. The molecule has 0 bridgehead atoms. The first-order valence-electron chi connectivity index (χ1n) is 4.91. The molecule has 1 heterocycles. The molecule has 1 fully saturated rings. The van der Waals surface area contributed by atoms with E-state index >= 15 is 0 Å². The van der Waals surface area contributed by atoms with Crippen molar-refractivity contribution in [1.29, 1.82) is 0 Å². The molecular formula is C11H14N2O. The van der Waals surface area contributed by atoms with Gasteiger partial charge in [0.15, 0.2) is 0 Å². The standard InChI is InChI=1S/C11H14N2O/c1-7-4-5-13-11(12)10(7)8-2-3-9(14)6-8/h4-5,8H,2-3,6H2,1H3,(H2,12,13). The minimum Gasteiger partial charge on any atom is -0.383 e. The quantitative estimate of drug-likeness (QED) is 0.734. The lowest BCUT2D eigenvalue weighted by Crippen LogP contribution is -2.04. The highest BCUT2D eigenvalue weighted by atomic mass is 16.1. The van der Waals surface area contributed by atoms with Gasteiger partial charge in [0.2, 0.25) is 0 Å². The number of rotatable bonds is 1. The number of ketones is 1. The second kappa shape index (κ2) is 3.40. The molecule has 0 saturated heterocycles. The van der Waals surface area contributed by atoms with Crippen LogP contribution in [-0.2, 0) is 4.79 Å². The number of nitrogen functional groups attached to an aromatic ring is 1. The Labute approximate surface area is 83.3 Å². The molecule has 0 spiro atoms. The van der Waals surface area contributed by atoms with E-state index in [4.69, 9.17) is 5.73 Å². The van der Waals surface area contributed by atoms with E-state index in [2.05, 4.69) is 4.98 Å². The first-order chi connectivity index (χ1) is 6.68. The van der Waals surface area contributed by atoms with Crippen LogP contribution in [-0.4, -0.2) is 10.8 Å². The molecule has 2 rings (SSSR count). The number of carbonyl (C=O) groups excluding carboxylic acids is 1. The third-order valence-corrected chi connectivity index (χ3v) is 2.89. The molecule has 1 aliphatic carbocycles. The zero-order valence-electron chi connectivity index (χ0n) is 8.29. The van der Waals surface area contributed by atoms with Gasteiger partial charge in [0.1, 0.15) is 11.6 Å². The van der Waals surface area contributed by atoms with Crippen LogP contribution >= 0.6 is 0 Å². The summed E-state index contributed by atoms with van der Waals surface area (Å²) in [6.45, 7) is 2.02. The van der Waals surface area contributed by atoms with E-state index < -0.39 is 0 Å². The number of pyridine rings is 1. The molecule has 1 aromatic heterocycles. The number of carbonyl (C=O) groups is 1. The highest BCUT2D eigenvalue weighted by molar-refractivity contribution is 5.82. The van der Waals surface area contributed by atoms with Crippen LogP contribution < -0.4 is 5.73 Å². The second-order valence-electron chi connectivity index (χ2n) is 3.91. The van der Waals surface area contributed by atoms with E-state index in [0.29, 0.717) is 30.4 Å². The molecule has 0 aromatic carbocycles. The Hall–Kier alpha value is -1.38. The van der Waals surface area contributed by atoms with Crippen molar-refractivity contribution in [2.24, 2.45) is 0 Å². The molecule has 1 aliphatic rings. The van der Waals surface area contributed by atoms with Crippen LogP contribution in [0.3, 0.4) is 0 Å². The maximum absolute atomic E-state index is 11.2. The summed E-state index contributed by atoms with van der Waals surface area (Å²) in [6, 6.07) is 1.95. The first kappa shape index (κ1) is 9.19. The Morgan fingerprint density at radius 2 is 2.36 bits per heavy atom. The van der Waals surface area contributed by atoms with E-state index in [0.717, 1.165) is 17.5 Å². The molecule has 1 aromatic rings. The predicted octanol–water partition coefficient (Wildman–Crippen LogP) is 1.81. The Bertz CT molecular complexity index is 353. The van der Waals surface area contributed by atoms with Gasteiger partial charge in [-0.2, -0.15) is 0 Å². The van der Waals surface area contributed by atoms with Crippen LogP contribution in [0.25, 0.3) is 0 Å². The Morgan fingerprint density at radius 3 is 2.93 bits per heavy atom. The maximum atomic E-state index is 11.2. The minimum absolute atomic E-state index is 0.302. The van der Waals surface area contributed by atoms with Gasteiger partial charge in [0.05, 0.1) is 0 Å². The van der Waals surface area contributed by atoms with Crippen molar-refractivity contribution in [1.82, 2.24) is 4.98 Å². The van der Waals surface area contributed by atoms with Crippen molar-refractivity contribution in [2.45, 2.75) is 32.1 Å². The van der Waals surface area contributed by atoms with E-state index in [1.54, 1.807) is 6.20 Å². The first-order valence-corrected chi connectivity index (χ1v) is 4.91. The smallest absolute Gasteiger partial charge is 0.133 e. The highest BCUT2D eigenvalue weighted by Crippen LogP contribution is 2.35. The lowest BCUT2D eigenvalue weighted by atomic mass is 9.94. The summed E-state index contributed by atoms with van der Waals surface area (Å²) in [5, 5.41) is 0. The molecule has 2 N–H and O–H groups in total. The summed E-state index contributed by atoms with van der Waals surface area (Å²) in [4.78, 5) is 15.3. The normalized spacial score (nSPS) is 21.5. The highest BCUT2D eigenvalue weighted by Gasteiger charge is 2.26. The maximum Gasteiger partial charge on any atom is 0.133 e. The third-order valence-electron chi connectivity index (χ3n) is 2.89. The van der Waals surface area contributed by atoms with Crippen LogP contribution in [0, 0.1) is 6.92 Å². The molecule has 3 heteroatoms. The van der Waals surface area contributed by atoms with Gasteiger partial charge in [-0.1, -0.05) is 0 Å². The van der Waals surface area contributed by atoms with Crippen molar-refractivity contribution in [3.8, 4) is 0 Å². The van der Waals surface area contributed by atoms with E-state index in [1.807, 2.05) is 13.0 Å². The topological polar surface area (TPSA) is 56.0 Å². The number of aryl methyl sites for hydroxylation is 1. The number of nitrogens with two attached hydrogens (primary N) is 1. The average Bonchev–Trinajstić information content (AvgIpc) is 2.51. The fourth-order valence-electron chi connectivity index (χ4n) is 2.18. The van der Waals surface area contributed by atoms with Crippen molar-refractivity contribution in [3.63, 3.8) is 0 Å². The van der Waals surface area contributed by atoms with Crippen LogP contribution in [0.1, 0.15) is 36.3 Å². The third kappa shape index (κ3) is 1.50. The monoisotopic (exact) mass is 190 g/mol. The van der Waals surface area contributed by atoms with Crippen molar-refractivity contribution < 1.29 is 4.79 Å². The molecule has 0 aliphatic heterocycles. The molecule has 1 atom stereocenters. The number of aromatic nitrogens is 1. The van der Waals surface area contributed by atoms with Gasteiger partial charge in [-0.3, -0.25) is 4.79 Å². The SMILES string of the molecule is Cc1ccnc(N)c1C1CCC(=O)C1. The molecule has 1 saturated carbocycles. The van der Waals surface area contributed by atoms with Crippen LogP contribution in [0.5, 0.6) is 0 Å². The molecule has 0 radical (unpaired) electrons. The molecule has 14 heavy (non-hydrogen) atoms. The summed E-state index contributed by atoms with van der Waals surface area (Å²) in [6.07, 6.45) is 3.97. The van der Waals surface area contributed by atoms with E-state index in [-0.39, 0.29) is 0 Å². The molecule has 3 nitrogen and oxygen atoms in total. The number of hydrogen-bond donors (Lipinski definition) is 1. The lowest BCUT2D eigenvalue weighted by molar-refractivity contribution is -0.117. The van der Waals surface area contributed by atoms with Crippen LogP contribution in [0.15, 0.2) is 12.3 Å². The predicted molar refractivity (Wildman–Crippen MR) is 55.0 cm³/mol. The fraction of sp³-hybridized carbons (Fsp3) is 0.455. The average molecular weight is 190 g/mol. The summed E-state index contributed by atoms with van der Waals surface area (Å²) >= 11 is 0. The van der Waals surface area contributed by atoms with Gasteiger partial charge >= 0.3 is 0 Å².